The molecule has 0 unspecified atom stereocenters. The largest absolute Gasteiger partial charge is 0.484 e. The van der Waals surface area contributed by atoms with Crippen LogP contribution >= 0.6 is 0 Å². The molecule has 1 amide bonds. The molecule has 0 aliphatic carbocycles. The van der Waals surface area contributed by atoms with Crippen LogP contribution < -0.4 is 10.5 Å². The summed E-state index contributed by atoms with van der Waals surface area (Å²) in [5.74, 6) is 1.23. The maximum Gasteiger partial charge on any atom is 0.260 e. The van der Waals surface area contributed by atoms with Gasteiger partial charge in [-0.2, -0.15) is 0 Å². The number of benzene rings is 1. The number of carbonyl (C=O) groups is 1. The molecule has 0 heterocycles. The van der Waals surface area contributed by atoms with Crippen molar-refractivity contribution in [2.45, 2.75) is 33.6 Å². The molecule has 0 saturated carbocycles. The van der Waals surface area contributed by atoms with E-state index in [-0.39, 0.29) is 12.5 Å². The molecule has 1 aromatic carbocycles. The number of amides is 1. The molecule has 0 saturated heterocycles. The summed E-state index contributed by atoms with van der Waals surface area (Å²) in [6.07, 6.45) is 2.19. The number of carbonyl (C=O) groups excluding carboxylic acids is 1. The summed E-state index contributed by atoms with van der Waals surface area (Å²) in [4.78, 5) is 14.0. The molecule has 20 heavy (non-hydrogen) atoms. The molecule has 0 bridgehead atoms. The summed E-state index contributed by atoms with van der Waals surface area (Å²) in [6, 6.07) is 7.14. The summed E-state index contributed by atoms with van der Waals surface area (Å²) in [5, 5.41) is 0. The van der Waals surface area contributed by atoms with Crippen molar-refractivity contribution in [1.29, 1.82) is 0 Å². The van der Waals surface area contributed by atoms with Crippen LogP contribution in [0.15, 0.2) is 24.3 Å². The van der Waals surface area contributed by atoms with E-state index < -0.39 is 0 Å². The molecular formula is C16H26N2O2. The van der Waals surface area contributed by atoms with Crippen molar-refractivity contribution in [1.82, 2.24) is 4.90 Å². The molecular weight excluding hydrogens is 252 g/mol. The predicted octanol–water partition coefficient (Wildman–Crippen LogP) is 2.93. The Morgan fingerprint density at radius 1 is 1.30 bits per heavy atom. The Balaban J connectivity index is 2.51. The quantitative estimate of drug-likeness (QED) is 0.744. The highest BCUT2D eigenvalue weighted by Crippen LogP contribution is 2.15. The van der Waals surface area contributed by atoms with Crippen molar-refractivity contribution < 1.29 is 9.53 Å². The van der Waals surface area contributed by atoms with Gasteiger partial charge in [0.25, 0.3) is 5.91 Å². The molecule has 0 aliphatic rings. The maximum atomic E-state index is 12.2. The molecule has 4 heteroatoms. The molecule has 1 aromatic rings. The molecule has 0 radical (unpaired) electrons. The van der Waals surface area contributed by atoms with Gasteiger partial charge < -0.3 is 15.4 Å². The number of ether oxygens (including phenoxy) is 1. The van der Waals surface area contributed by atoms with Crippen molar-refractivity contribution >= 4 is 11.6 Å². The fourth-order valence-electron chi connectivity index (χ4n) is 2.11. The van der Waals surface area contributed by atoms with E-state index in [1.165, 1.54) is 0 Å². The van der Waals surface area contributed by atoms with Gasteiger partial charge in [0.1, 0.15) is 5.75 Å². The SMILES string of the molecule is CCC(CC)CN(CC)C(=O)COc1cccc(N)c1. The average Bonchev–Trinajstić information content (AvgIpc) is 2.46. The molecule has 4 nitrogen and oxygen atoms in total. The fraction of sp³-hybridized carbons (Fsp3) is 0.562. The lowest BCUT2D eigenvalue weighted by Crippen LogP contribution is -2.38. The molecule has 1 rings (SSSR count). The van der Waals surface area contributed by atoms with Gasteiger partial charge >= 0.3 is 0 Å². The maximum absolute atomic E-state index is 12.2. The van der Waals surface area contributed by atoms with Gasteiger partial charge in [-0.3, -0.25) is 4.79 Å². The smallest absolute Gasteiger partial charge is 0.260 e. The third kappa shape index (κ3) is 5.11. The molecule has 0 aliphatic heterocycles. The second-order valence-electron chi connectivity index (χ2n) is 4.98. The molecule has 0 atom stereocenters. The lowest BCUT2D eigenvalue weighted by molar-refractivity contribution is -0.133. The number of hydrogen-bond donors (Lipinski definition) is 1. The number of nitrogen functional groups attached to an aromatic ring is 1. The summed E-state index contributed by atoms with van der Waals surface area (Å²) < 4.78 is 5.51. The van der Waals surface area contributed by atoms with Crippen LogP contribution in [0, 0.1) is 5.92 Å². The number of nitrogens with two attached hydrogens (primary N) is 1. The minimum atomic E-state index is 0.0295. The Hall–Kier alpha value is -1.71. The van der Waals surface area contributed by atoms with Gasteiger partial charge in [0.2, 0.25) is 0 Å². The normalized spacial score (nSPS) is 10.6. The zero-order chi connectivity index (χ0) is 15.0. The van der Waals surface area contributed by atoms with Crippen LogP contribution in [0.25, 0.3) is 0 Å². The third-order valence-corrected chi connectivity index (χ3v) is 3.59. The van der Waals surface area contributed by atoms with Crippen LogP contribution in [-0.4, -0.2) is 30.5 Å². The number of hydrogen-bond acceptors (Lipinski definition) is 3. The van der Waals surface area contributed by atoms with E-state index >= 15 is 0 Å². The first-order chi connectivity index (χ1) is 9.60. The first-order valence-electron chi connectivity index (χ1n) is 7.36. The van der Waals surface area contributed by atoms with Crippen molar-refractivity contribution in [3.8, 4) is 5.75 Å². The standard InChI is InChI=1S/C16H26N2O2/c1-4-13(5-2)11-18(6-3)16(19)12-20-15-9-7-8-14(17)10-15/h7-10,13H,4-6,11-12,17H2,1-3H3. The van der Waals surface area contributed by atoms with Gasteiger partial charge in [-0.25, -0.2) is 0 Å². The first kappa shape index (κ1) is 16.3. The highest BCUT2D eigenvalue weighted by molar-refractivity contribution is 5.77. The van der Waals surface area contributed by atoms with Crippen LogP contribution in [0.3, 0.4) is 0 Å². The second-order valence-corrected chi connectivity index (χ2v) is 4.98. The van der Waals surface area contributed by atoms with Gasteiger partial charge in [0.15, 0.2) is 6.61 Å². The highest BCUT2D eigenvalue weighted by Gasteiger charge is 2.16. The Morgan fingerprint density at radius 3 is 2.55 bits per heavy atom. The van der Waals surface area contributed by atoms with E-state index in [1.807, 2.05) is 17.9 Å². The van der Waals surface area contributed by atoms with Crippen LogP contribution in [0.1, 0.15) is 33.6 Å². The Labute approximate surface area is 121 Å². The Bertz CT molecular complexity index is 417. The molecule has 0 spiro atoms. The number of nitrogens with zero attached hydrogens (tertiary/aromatic N) is 1. The van der Waals surface area contributed by atoms with E-state index in [9.17, 15) is 4.79 Å². The second kappa shape index (κ2) is 8.46. The lowest BCUT2D eigenvalue weighted by atomic mass is 10.0. The van der Waals surface area contributed by atoms with Crippen LogP contribution in [0.5, 0.6) is 5.75 Å². The summed E-state index contributed by atoms with van der Waals surface area (Å²) >= 11 is 0. The van der Waals surface area contributed by atoms with Crippen LogP contribution in [0.2, 0.25) is 0 Å². The summed E-state index contributed by atoms with van der Waals surface area (Å²) in [7, 11) is 0. The topological polar surface area (TPSA) is 55.6 Å². The van der Waals surface area contributed by atoms with E-state index in [2.05, 4.69) is 13.8 Å². The lowest BCUT2D eigenvalue weighted by Gasteiger charge is -2.25. The van der Waals surface area contributed by atoms with Crippen LogP contribution in [0.4, 0.5) is 5.69 Å². The van der Waals surface area contributed by atoms with E-state index in [0.29, 0.717) is 17.4 Å². The van der Waals surface area contributed by atoms with E-state index in [4.69, 9.17) is 10.5 Å². The minimum Gasteiger partial charge on any atom is -0.484 e. The van der Waals surface area contributed by atoms with Gasteiger partial charge in [-0.1, -0.05) is 32.8 Å². The minimum absolute atomic E-state index is 0.0295. The number of anilines is 1. The molecule has 0 fully saturated rings. The number of likely N-dealkylation sites (N-methyl/N-ethyl adjacent to an activating group) is 1. The Morgan fingerprint density at radius 2 is 2.00 bits per heavy atom. The average molecular weight is 278 g/mol. The van der Waals surface area contributed by atoms with Gasteiger partial charge in [-0.05, 0) is 25.0 Å². The molecule has 112 valence electrons. The Kier molecular flexibility index (Phi) is 6.91. The van der Waals surface area contributed by atoms with E-state index in [1.54, 1.807) is 18.2 Å². The van der Waals surface area contributed by atoms with Crippen molar-refractivity contribution in [3.63, 3.8) is 0 Å². The van der Waals surface area contributed by atoms with Crippen molar-refractivity contribution in [3.05, 3.63) is 24.3 Å². The van der Waals surface area contributed by atoms with E-state index in [0.717, 1.165) is 25.9 Å². The molecule has 0 aromatic heterocycles. The number of rotatable bonds is 8. The first-order valence-corrected chi connectivity index (χ1v) is 7.36. The summed E-state index contributed by atoms with van der Waals surface area (Å²) in [6.45, 7) is 7.92. The van der Waals surface area contributed by atoms with Crippen LogP contribution in [-0.2, 0) is 4.79 Å². The third-order valence-electron chi connectivity index (χ3n) is 3.59. The predicted molar refractivity (Wildman–Crippen MR) is 82.7 cm³/mol. The fourth-order valence-corrected chi connectivity index (χ4v) is 2.11. The zero-order valence-electron chi connectivity index (χ0n) is 12.8. The van der Waals surface area contributed by atoms with Crippen molar-refractivity contribution in [2.75, 3.05) is 25.4 Å². The zero-order valence-corrected chi connectivity index (χ0v) is 12.8. The van der Waals surface area contributed by atoms with Gasteiger partial charge in [0.05, 0.1) is 0 Å². The van der Waals surface area contributed by atoms with Gasteiger partial charge in [-0.15, -0.1) is 0 Å². The monoisotopic (exact) mass is 278 g/mol. The molecule has 2 N–H and O–H groups in total. The highest BCUT2D eigenvalue weighted by atomic mass is 16.5. The summed E-state index contributed by atoms with van der Waals surface area (Å²) in [5.41, 5.74) is 6.32. The van der Waals surface area contributed by atoms with Gasteiger partial charge in [0, 0.05) is 24.8 Å². The van der Waals surface area contributed by atoms with Crippen molar-refractivity contribution in [2.24, 2.45) is 5.92 Å².